The summed E-state index contributed by atoms with van der Waals surface area (Å²) in [5, 5.41) is 3.03. The number of carbonyl (C=O) groups excluding carboxylic acids is 1. The highest BCUT2D eigenvalue weighted by atomic mass is 16.1. The van der Waals surface area contributed by atoms with Gasteiger partial charge in [-0.1, -0.05) is 26.7 Å². The molecule has 1 N–H and O–H groups in total. The third-order valence-electron chi connectivity index (χ3n) is 3.40. The first-order valence-corrected chi connectivity index (χ1v) is 5.49. The molecule has 0 saturated heterocycles. The van der Waals surface area contributed by atoms with E-state index < -0.39 is 0 Å². The van der Waals surface area contributed by atoms with Gasteiger partial charge in [0.25, 0.3) is 0 Å². The van der Waals surface area contributed by atoms with Crippen molar-refractivity contribution in [3.05, 3.63) is 0 Å². The van der Waals surface area contributed by atoms with Crippen molar-refractivity contribution in [3.63, 3.8) is 0 Å². The number of amides is 1. The Kier molecular flexibility index (Phi) is 3.76. The Labute approximate surface area is 81.1 Å². The van der Waals surface area contributed by atoms with Crippen molar-refractivity contribution in [1.82, 2.24) is 5.32 Å². The molecule has 1 saturated carbocycles. The van der Waals surface area contributed by atoms with Crippen LogP contribution in [0.3, 0.4) is 0 Å². The summed E-state index contributed by atoms with van der Waals surface area (Å²) in [5.41, 5.74) is 0.435. The molecule has 1 rings (SSSR count). The van der Waals surface area contributed by atoms with Gasteiger partial charge in [0.2, 0.25) is 5.91 Å². The first-order chi connectivity index (χ1) is 6.22. The molecule has 13 heavy (non-hydrogen) atoms. The molecule has 1 aliphatic rings. The van der Waals surface area contributed by atoms with Gasteiger partial charge < -0.3 is 5.32 Å². The molecule has 0 radical (unpaired) electrons. The molecule has 1 amide bonds. The Morgan fingerprint density at radius 2 is 1.92 bits per heavy atom. The summed E-state index contributed by atoms with van der Waals surface area (Å²) in [6, 6.07) is 0. The van der Waals surface area contributed by atoms with Crippen LogP contribution in [0, 0.1) is 5.41 Å². The summed E-state index contributed by atoms with van der Waals surface area (Å²) >= 11 is 0. The summed E-state index contributed by atoms with van der Waals surface area (Å²) in [7, 11) is 0. The van der Waals surface area contributed by atoms with E-state index in [2.05, 4.69) is 12.2 Å². The highest BCUT2D eigenvalue weighted by Crippen LogP contribution is 2.40. The third-order valence-corrected chi connectivity index (χ3v) is 3.40. The van der Waals surface area contributed by atoms with E-state index in [0.717, 1.165) is 6.54 Å². The van der Waals surface area contributed by atoms with Gasteiger partial charge >= 0.3 is 0 Å². The zero-order chi connectivity index (χ0) is 9.73. The van der Waals surface area contributed by atoms with Gasteiger partial charge in [-0.3, -0.25) is 4.79 Å². The smallest absolute Gasteiger partial charge is 0.219 e. The highest BCUT2D eigenvalue weighted by molar-refractivity contribution is 5.75. The molecule has 0 aromatic rings. The Morgan fingerprint density at radius 3 is 2.38 bits per heavy atom. The second kappa shape index (κ2) is 4.64. The molecule has 2 heteroatoms. The molecule has 0 aromatic carbocycles. The van der Waals surface area contributed by atoms with E-state index in [9.17, 15) is 4.79 Å². The third kappa shape index (κ3) is 2.71. The van der Waals surface area contributed by atoms with E-state index in [1.165, 1.54) is 32.1 Å². The van der Waals surface area contributed by atoms with Crippen LogP contribution in [0.5, 0.6) is 0 Å². The van der Waals surface area contributed by atoms with Crippen molar-refractivity contribution in [1.29, 1.82) is 0 Å². The van der Waals surface area contributed by atoms with Gasteiger partial charge in [0.1, 0.15) is 0 Å². The summed E-state index contributed by atoms with van der Waals surface area (Å²) in [6.45, 7) is 5.04. The van der Waals surface area contributed by atoms with Crippen LogP contribution in [0.25, 0.3) is 0 Å². The van der Waals surface area contributed by atoms with Crippen molar-refractivity contribution < 1.29 is 4.79 Å². The van der Waals surface area contributed by atoms with E-state index in [4.69, 9.17) is 0 Å². The molecule has 2 nitrogen and oxygen atoms in total. The van der Waals surface area contributed by atoms with Crippen molar-refractivity contribution in [3.8, 4) is 0 Å². The SMILES string of the molecule is CCC(=O)NCC1(CC)CCCC1. The Hall–Kier alpha value is -0.530. The van der Waals surface area contributed by atoms with Crippen molar-refractivity contribution in [2.75, 3.05) is 6.54 Å². The van der Waals surface area contributed by atoms with E-state index in [1.54, 1.807) is 0 Å². The monoisotopic (exact) mass is 183 g/mol. The Morgan fingerprint density at radius 1 is 1.31 bits per heavy atom. The lowest BCUT2D eigenvalue weighted by Gasteiger charge is -2.27. The van der Waals surface area contributed by atoms with Gasteiger partial charge in [0.05, 0.1) is 0 Å². The molecule has 0 aliphatic heterocycles. The van der Waals surface area contributed by atoms with Crippen LogP contribution in [0.1, 0.15) is 52.4 Å². The van der Waals surface area contributed by atoms with Crippen LogP contribution in [-0.4, -0.2) is 12.5 Å². The molecule has 1 fully saturated rings. The van der Waals surface area contributed by atoms with Crippen LogP contribution < -0.4 is 5.32 Å². The second-order valence-electron chi connectivity index (χ2n) is 4.19. The van der Waals surface area contributed by atoms with Gasteiger partial charge in [-0.25, -0.2) is 0 Å². The minimum Gasteiger partial charge on any atom is -0.356 e. The summed E-state index contributed by atoms with van der Waals surface area (Å²) < 4.78 is 0. The number of rotatable bonds is 4. The molecular formula is C11H21NO. The molecule has 0 spiro atoms. The van der Waals surface area contributed by atoms with Gasteiger partial charge in [-0.15, -0.1) is 0 Å². The van der Waals surface area contributed by atoms with Crippen LogP contribution in [0.15, 0.2) is 0 Å². The summed E-state index contributed by atoms with van der Waals surface area (Å²) in [6.07, 6.45) is 7.10. The quantitative estimate of drug-likeness (QED) is 0.712. The number of hydrogen-bond acceptors (Lipinski definition) is 1. The predicted molar refractivity (Wildman–Crippen MR) is 54.5 cm³/mol. The van der Waals surface area contributed by atoms with Gasteiger partial charge in [0, 0.05) is 13.0 Å². The van der Waals surface area contributed by atoms with Gasteiger partial charge in [-0.05, 0) is 24.7 Å². The Bertz CT molecular complexity index is 171. The van der Waals surface area contributed by atoms with Gasteiger partial charge in [0.15, 0.2) is 0 Å². The zero-order valence-corrected chi connectivity index (χ0v) is 8.86. The van der Waals surface area contributed by atoms with Gasteiger partial charge in [-0.2, -0.15) is 0 Å². The zero-order valence-electron chi connectivity index (χ0n) is 8.86. The fourth-order valence-electron chi connectivity index (χ4n) is 2.19. The molecule has 0 unspecified atom stereocenters. The lowest BCUT2D eigenvalue weighted by molar-refractivity contribution is -0.121. The summed E-state index contributed by atoms with van der Waals surface area (Å²) in [4.78, 5) is 11.1. The van der Waals surface area contributed by atoms with Crippen molar-refractivity contribution in [2.24, 2.45) is 5.41 Å². The fourth-order valence-corrected chi connectivity index (χ4v) is 2.19. The standard InChI is InChI=1S/C11H21NO/c1-3-10(13)12-9-11(4-2)7-5-6-8-11/h3-9H2,1-2H3,(H,12,13). The highest BCUT2D eigenvalue weighted by Gasteiger charge is 2.31. The number of nitrogens with one attached hydrogen (secondary N) is 1. The maximum atomic E-state index is 11.1. The predicted octanol–water partition coefficient (Wildman–Crippen LogP) is 2.48. The van der Waals surface area contributed by atoms with E-state index in [1.807, 2.05) is 6.92 Å². The van der Waals surface area contributed by atoms with Crippen molar-refractivity contribution in [2.45, 2.75) is 52.4 Å². The number of hydrogen-bond donors (Lipinski definition) is 1. The number of carbonyl (C=O) groups is 1. The topological polar surface area (TPSA) is 29.1 Å². The fraction of sp³-hybridized carbons (Fsp3) is 0.909. The molecular weight excluding hydrogens is 162 g/mol. The van der Waals surface area contributed by atoms with Crippen LogP contribution in [0.4, 0.5) is 0 Å². The average molecular weight is 183 g/mol. The molecule has 0 bridgehead atoms. The largest absolute Gasteiger partial charge is 0.356 e. The van der Waals surface area contributed by atoms with E-state index in [-0.39, 0.29) is 5.91 Å². The normalized spacial score (nSPS) is 20.2. The Balaban J connectivity index is 2.35. The maximum Gasteiger partial charge on any atom is 0.219 e. The first kappa shape index (κ1) is 10.6. The van der Waals surface area contributed by atoms with Crippen molar-refractivity contribution >= 4 is 5.91 Å². The minimum atomic E-state index is 0.194. The van der Waals surface area contributed by atoms with Crippen LogP contribution in [0.2, 0.25) is 0 Å². The van der Waals surface area contributed by atoms with E-state index >= 15 is 0 Å². The molecule has 0 heterocycles. The average Bonchev–Trinajstić information content (AvgIpc) is 2.63. The van der Waals surface area contributed by atoms with E-state index in [0.29, 0.717) is 11.8 Å². The lowest BCUT2D eigenvalue weighted by Crippen LogP contribution is -2.35. The maximum absolute atomic E-state index is 11.1. The molecule has 1 aliphatic carbocycles. The second-order valence-corrected chi connectivity index (χ2v) is 4.19. The minimum absolute atomic E-state index is 0.194. The molecule has 76 valence electrons. The lowest BCUT2D eigenvalue weighted by atomic mass is 9.83. The molecule has 0 atom stereocenters. The first-order valence-electron chi connectivity index (χ1n) is 5.49. The molecule has 0 aromatic heterocycles. The summed E-state index contributed by atoms with van der Waals surface area (Å²) in [5.74, 6) is 0.194. The van der Waals surface area contributed by atoms with Crippen LogP contribution in [-0.2, 0) is 4.79 Å². The van der Waals surface area contributed by atoms with Crippen LogP contribution >= 0.6 is 0 Å².